The highest BCUT2D eigenvalue weighted by molar-refractivity contribution is 7.74. The zero-order chi connectivity index (χ0) is 12.4. The number of rotatable bonds is 3. The van der Waals surface area contributed by atoms with Gasteiger partial charge in [-0.2, -0.15) is 0 Å². The van der Waals surface area contributed by atoms with Gasteiger partial charge in [0.25, 0.3) is 0 Å². The van der Waals surface area contributed by atoms with E-state index in [2.05, 4.69) is 9.50 Å². The van der Waals surface area contributed by atoms with Gasteiger partial charge < -0.3 is 19.8 Å². The van der Waals surface area contributed by atoms with Crippen LogP contribution in [0.1, 0.15) is 17.2 Å². The van der Waals surface area contributed by atoms with Crippen LogP contribution in [0.5, 0.6) is 5.75 Å². The molecule has 1 aromatic rings. The Bertz CT molecular complexity index is 477. The summed E-state index contributed by atoms with van der Waals surface area (Å²) in [5, 5.41) is 2.97. The maximum absolute atomic E-state index is 11.2. The largest absolute Gasteiger partial charge is 0.740 e. The third-order valence-electron chi connectivity index (χ3n) is 2.65. The monoisotopic (exact) mass is 255 g/mol. The average Bonchev–Trinajstić information content (AvgIpc) is 2.28. The summed E-state index contributed by atoms with van der Waals surface area (Å²) >= 11 is -2.62. The van der Waals surface area contributed by atoms with E-state index in [9.17, 15) is 13.6 Å². The summed E-state index contributed by atoms with van der Waals surface area (Å²) in [6, 6.07) is 4.32. The summed E-state index contributed by atoms with van der Waals surface area (Å²) in [6.07, 6.45) is 0.590. The predicted octanol–water partition coefficient (Wildman–Crippen LogP) is -0.468. The molecule has 0 saturated carbocycles. The number of carbonyl (C=O) groups excluding carboxylic acids is 1. The highest BCUT2D eigenvalue weighted by Gasteiger charge is 2.26. The van der Waals surface area contributed by atoms with Crippen LogP contribution in [0.25, 0.3) is 0 Å². The fourth-order valence-electron chi connectivity index (χ4n) is 1.98. The average molecular weight is 255 g/mol. The van der Waals surface area contributed by atoms with Crippen molar-refractivity contribution >= 4 is 17.3 Å². The first-order valence-corrected chi connectivity index (χ1v) is 6.01. The molecular formula is C10H11N2O4S-. The van der Waals surface area contributed by atoms with Crippen molar-refractivity contribution in [2.24, 2.45) is 5.73 Å². The first-order chi connectivity index (χ1) is 8.09. The smallest absolute Gasteiger partial charge is 0.239 e. The Morgan fingerprint density at radius 3 is 3.00 bits per heavy atom. The number of amides is 1. The molecule has 2 unspecified atom stereocenters. The highest BCUT2D eigenvalue weighted by Crippen LogP contribution is 2.30. The van der Waals surface area contributed by atoms with Gasteiger partial charge in [0.15, 0.2) is 0 Å². The fraction of sp³-hybridized carbons (Fsp3) is 0.300. The van der Waals surface area contributed by atoms with E-state index in [0.717, 1.165) is 0 Å². The number of hydrogen-bond acceptors (Lipinski definition) is 5. The Labute approximate surface area is 101 Å². The molecule has 6 nitrogen and oxygen atoms in total. The van der Waals surface area contributed by atoms with E-state index in [0.29, 0.717) is 24.1 Å². The molecule has 0 aromatic heterocycles. The lowest BCUT2D eigenvalue weighted by atomic mass is 9.93. The van der Waals surface area contributed by atoms with Gasteiger partial charge in [-0.05, 0) is 18.1 Å². The normalized spacial score (nSPS) is 20.4. The lowest BCUT2D eigenvalue weighted by molar-refractivity contribution is -0.120. The van der Waals surface area contributed by atoms with Crippen LogP contribution in [0.2, 0.25) is 0 Å². The van der Waals surface area contributed by atoms with Crippen LogP contribution in [0.3, 0.4) is 0 Å². The second-order valence-corrected chi connectivity index (χ2v) is 4.23. The van der Waals surface area contributed by atoms with Crippen LogP contribution in [0.4, 0.5) is 0 Å². The molecule has 0 bridgehead atoms. The van der Waals surface area contributed by atoms with Crippen molar-refractivity contribution in [2.45, 2.75) is 12.5 Å². The molecule has 0 aliphatic carbocycles. The van der Waals surface area contributed by atoms with Crippen molar-refractivity contribution in [1.29, 1.82) is 0 Å². The van der Waals surface area contributed by atoms with Crippen LogP contribution in [-0.4, -0.2) is 21.2 Å². The van der Waals surface area contributed by atoms with Crippen molar-refractivity contribution < 1.29 is 17.7 Å². The molecule has 7 heteroatoms. The molecule has 1 aromatic carbocycles. The van der Waals surface area contributed by atoms with E-state index in [-0.39, 0.29) is 5.75 Å². The van der Waals surface area contributed by atoms with E-state index in [1.54, 1.807) is 18.2 Å². The van der Waals surface area contributed by atoms with Crippen LogP contribution < -0.4 is 15.2 Å². The second-order valence-electron chi connectivity index (χ2n) is 3.65. The van der Waals surface area contributed by atoms with Crippen molar-refractivity contribution in [2.75, 3.05) is 6.54 Å². The third kappa shape index (κ3) is 2.46. The van der Waals surface area contributed by atoms with Crippen molar-refractivity contribution in [3.63, 3.8) is 0 Å². The van der Waals surface area contributed by atoms with Crippen molar-refractivity contribution in [3.05, 3.63) is 29.3 Å². The topological polar surface area (TPSA) is 104 Å². The minimum atomic E-state index is -2.62. The molecule has 1 aliphatic rings. The van der Waals surface area contributed by atoms with E-state index >= 15 is 0 Å². The van der Waals surface area contributed by atoms with Gasteiger partial charge in [-0.1, -0.05) is 12.1 Å². The van der Waals surface area contributed by atoms with Crippen molar-refractivity contribution in [1.82, 2.24) is 5.32 Å². The number of primary amides is 1. The molecule has 1 heterocycles. The van der Waals surface area contributed by atoms with Crippen LogP contribution in [0, 0.1) is 0 Å². The number of benzene rings is 1. The van der Waals surface area contributed by atoms with Crippen molar-refractivity contribution in [3.8, 4) is 5.75 Å². The van der Waals surface area contributed by atoms with Crippen LogP contribution >= 0.6 is 0 Å². The maximum atomic E-state index is 11.2. The molecule has 2 rings (SSSR count). The number of carbonyl (C=O) groups is 1. The Morgan fingerprint density at radius 2 is 2.35 bits per heavy atom. The summed E-state index contributed by atoms with van der Waals surface area (Å²) in [7, 11) is 0. The summed E-state index contributed by atoms with van der Waals surface area (Å²) in [5.74, 6) is -0.241. The van der Waals surface area contributed by atoms with Gasteiger partial charge in [0, 0.05) is 12.1 Å². The Kier molecular flexibility index (Phi) is 3.41. The zero-order valence-electron chi connectivity index (χ0n) is 8.84. The Balaban J connectivity index is 2.43. The van der Waals surface area contributed by atoms with E-state index in [1.807, 2.05) is 0 Å². The Hall–Kier alpha value is -1.44. The Morgan fingerprint density at radius 1 is 1.59 bits per heavy atom. The molecule has 3 N–H and O–H groups in total. The van der Waals surface area contributed by atoms with Gasteiger partial charge in [-0.3, -0.25) is 4.79 Å². The van der Waals surface area contributed by atoms with Gasteiger partial charge in [-0.25, -0.2) is 4.21 Å². The van der Waals surface area contributed by atoms with Crippen LogP contribution in [-0.2, 0) is 22.6 Å². The predicted molar refractivity (Wildman–Crippen MR) is 59.6 cm³/mol. The first-order valence-electron chi connectivity index (χ1n) is 5.01. The minimum Gasteiger partial charge on any atom is -0.740 e. The number of hydrogen-bond donors (Lipinski definition) is 2. The number of nitrogens with two attached hydrogens (primary N) is 1. The molecule has 0 spiro atoms. The van der Waals surface area contributed by atoms with Crippen LogP contribution in [0.15, 0.2) is 18.2 Å². The number of nitrogens with one attached hydrogen (secondary N) is 1. The van der Waals surface area contributed by atoms with Gasteiger partial charge in [-0.15, -0.1) is 0 Å². The summed E-state index contributed by atoms with van der Waals surface area (Å²) in [4.78, 5) is 11.2. The molecule has 1 aliphatic heterocycles. The minimum absolute atomic E-state index is 0.253. The molecule has 0 saturated heterocycles. The summed E-state index contributed by atoms with van der Waals surface area (Å²) in [6.45, 7) is 0.548. The fourth-order valence-corrected chi connectivity index (χ4v) is 2.28. The van der Waals surface area contributed by atoms with Gasteiger partial charge >= 0.3 is 0 Å². The van der Waals surface area contributed by atoms with Gasteiger partial charge in [0.05, 0.1) is 0 Å². The molecule has 0 radical (unpaired) electrons. The quantitative estimate of drug-likeness (QED) is 0.710. The lowest BCUT2D eigenvalue weighted by Crippen LogP contribution is -2.38. The van der Waals surface area contributed by atoms with Gasteiger partial charge in [0.2, 0.25) is 5.91 Å². The highest BCUT2D eigenvalue weighted by atomic mass is 32.2. The van der Waals surface area contributed by atoms with E-state index in [1.165, 1.54) is 0 Å². The van der Waals surface area contributed by atoms with E-state index in [4.69, 9.17) is 5.73 Å². The molecule has 2 atom stereocenters. The maximum Gasteiger partial charge on any atom is 0.239 e. The third-order valence-corrected chi connectivity index (χ3v) is 2.96. The first kappa shape index (κ1) is 12.0. The molecular weight excluding hydrogens is 244 g/mol. The number of fused-ring (bicyclic) bond motifs is 1. The standard InChI is InChI=1S/C10H12N2O4S/c11-10(13)9-7-2-1-3-8(16-17(14)15)6(7)4-5-12-9/h1-3,9,12H,4-5H2,(H2,11,13)(H,14,15)/p-1. The summed E-state index contributed by atoms with van der Waals surface area (Å²) < 4.78 is 25.8. The molecule has 0 fully saturated rings. The summed E-state index contributed by atoms with van der Waals surface area (Å²) in [5.41, 5.74) is 6.65. The van der Waals surface area contributed by atoms with E-state index < -0.39 is 23.3 Å². The molecule has 17 heavy (non-hydrogen) atoms. The lowest BCUT2D eigenvalue weighted by Gasteiger charge is -2.26. The van der Waals surface area contributed by atoms with Gasteiger partial charge in [0.1, 0.15) is 23.2 Å². The molecule has 92 valence electrons. The second kappa shape index (κ2) is 4.82. The zero-order valence-corrected chi connectivity index (χ0v) is 9.66. The SMILES string of the molecule is NC(=O)C1NCCc2c(OS(=O)[O-])cccc21. The molecule has 1 amide bonds.